The Bertz CT molecular complexity index is 531. The standard InChI is InChI=1S/C13H18FNO3S/c1-18-12-4-2-3-10(13(12)14)9-15-11-5-7-19(16,17)8-6-11/h2-4,11,15H,5-9H2,1H3. The molecule has 1 aliphatic rings. The molecule has 106 valence electrons. The van der Waals surface area contributed by atoms with Gasteiger partial charge in [0.25, 0.3) is 0 Å². The quantitative estimate of drug-likeness (QED) is 0.912. The van der Waals surface area contributed by atoms with Crippen molar-refractivity contribution in [3.63, 3.8) is 0 Å². The van der Waals surface area contributed by atoms with Gasteiger partial charge in [0.2, 0.25) is 0 Å². The monoisotopic (exact) mass is 287 g/mol. The zero-order chi connectivity index (χ0) is 13.9. The largest absolute Gasteiger partial charge is 0.494 e. The van der Waals surface area contributed by atoms with E-state index in [0.717, 1.165) is 0 Å². The summed E-state index contributed by atoms with van der Waals surface area (Å²) in [6, 6.07) is 5.15. The maximum absolute atomic E-state index is 13.9. The van der Waals surface area contributed by atoms with Gasteiger partial charge in [0, 0.05) is 18.2 Å². The van der Waals surface area contributed by atoms with Crippen LogP contribution in [0.15, 0.2) is 18.2 Å². The second-order valence-electron chi connectivity index (χ2n) is 4.74. The summed E-state index contributed by atoms with van der Waals surface area (Å²) in [4.78, 5) is 0. The molecule has 1 aromatic carbocycles. The van der Waals surface area contributed by atoms with Crippen molar-refractivity contribution in [2.45, 2.75) is 25.4 Å². The van der Waals surface area contributed by atoms with Crippen LogP contribution in [0.4, 0.5) is 4.39 Å². The minimum Gasteiger partial charge on any atom is -0.494 e. The number of sulfone groups is 1. The highest BCUT2D eigenvalue weighted by Gasteiger charge is 2.23. The van der Waals surface area contributed by atoms with Gasteiger partial charge in [-0.3, -0.25) is 0 Å². The van der Waals surface area contributed by atoms with E-state index in [-0.39, 0.29) is 29.1 Å². The van der Waals surface area contributed by atoms with Gasteiger partial charge in [-0.25, -0.2) is 12.8 Å². The fraction of sp³-hybridized carbons (Fsp3) is 0.538. The van der Waals surface area contributed by atoms with Gasteiger partial charge in [-0.1, -0.05) is 12.1 Å². The molecule has 0 bridgehead atoms. The molecule has 0 aliphatic carbocycles. The number of halogens is 1. The van der Waals surface area contributed by atoms with Crippen LogP contribution in [0.25, 0.3) is 0 Å². The first-order chi connectivity index (χ1) is 9.02. The third kappa shape index (κ3) is 3.67. The first kappa shape index (κ1) is 14.3. The average Bonchev–Trinajstić information content (AvgIpc) is 2.39. The molecule has 4 nitrogen and oxygen atoms in total. The molecule has 1 heterocycles. The van der Waals surface area contributed by atoms with E-state index in [9.17, 15) is 12.8 Å². The number of ether oxygens (including phenoxy) is 1. The predicted octanol–water partition coefficient (Wildman–Crippen LogP) is 1.50. The van der Waals surface area contributed by atoms with Crippen molar-refractivity contribution in [3.05, 3.63) is 29.6 Å². The Morgan fingerprint density at radius 2 is 2.05 bits per heavy atom. The van der Waals surface area contributed by atoms with Gasteiger partial charge < -0.3 is 10.1 Å². The van der Waals surface area contributed by atoms with Crippen molar-refractivity contribution in [3.8, 4) is 5.75 Å². The molecule has 0 atom stereocenters. The Balaban J connectivity index is 1.93. The van der Waals surface area contributed by atoms with Crippen LogP contribution in [0.3, 0.4) is 0 Å². The number of benzene rings is 1. The molecule has 6 heteroatoms. The second kappa shape index (κ2) is 5.88. The molecule has 1 fully saturated rings. The van der Waals surface area contributed by atoms with Crippen molar-refractivity contribution < 1.29 is 17.5 Å². The van der Waals surface area contributed by atoms with Crippen LogP contribution in [-0.4, -0.2) is 33.1 Å². The maximum Gasteiger partial charge on any atom is 0.169 e. The number of hydrogen-bond donors (Lipinski definition) is 1. The lowest BCUT2D eigenvalue weighted by atomic mass is 10.1. The molecule has 0 amide bonds. The third-order valence-corrected chi connectivity index (χ3v) is 5.11. The Hall–Kier alpha value is -1.14. The first-order valence-corrected chi connectivity index (χ1v) is 8.09. The summed E-state index contributed by atoms with van der Waals surface area (Å²) in [5.74, 6) is 0.294. The summed E-state index contributed by atoms with van der Waals surface area (Å²) >= 11 is 0. The molecule has 0 saturated carbocycles. The van der Waals surface area contributed by atoms with E-state index >= 15 is 0 Å². The SMILES string of the molecule is COc1cccc(CNC2CCS(=O)(=O)CC2)c1F. The third-order valence-electron chi connectivity index (χ3n) is 3.40. The minimum atomic E-state index is -2.85. The molecule has 0 aromatic heterocycles. The van der Waals surface area contributed by atoms with Crippen LogP contribution in [0.5, 0.6) is 5.75 Å². The van der Waals surface area contributed by atoms with Crippen molar-refractivity contribution in [1.82, 2.24) is 5.32 Å². The van der Waals surface area contributed by atoms with Gasteiger partial charge in [0.1, 0.15) is 9.84 Å². The van der Waals surface area contributed by atoms with Gasteiger partial charge >= 0.3 is 0 Å². The van der Waals surface area contributed by atoms with Gasteiger partial charge in [0.05, 0.1) is 18.6 Å². The zero-order valence-electron chi connectivity index (χ0n) is 10.9. The van der Waals surface area contributed by atoms with Crippen molar-refractivity contribution >= 4 is 9.84 Å². The molecule has 0 spiro atoms. The van der Waals surface area contributed by atoms with Gasteiger partial charge in [-0.15, -0.1) is 0 Å². The lowest BCUT2D eigenvalue weighted by Gasteiger charge is -2.23. The van der Waals surface area contributed by atoms with Crippen molar-refractivity contribution in [1.29, 1.82) is 0 Å². The zero-order valence-corrected chi connectivity index (χ0v) is 11.7. The highest BCUT2D eigenvalue weighted by molar-refractivity contribution is 7.91. The summed E-state index contributed by atoms with van der Waals surface area (Å²) < 4.78 is 41.4. The molecule has 0 radical (unpaired) electrons. The van der Waals surface area contributed by atoms with Crippen LogP contribution in [-0.2, 0) is 16.4 Å². The molecule has 19 heavy (non-hydrogen) atoms. The van der Waals surface area contributed by atoms with Crippen LogP contribution in [0.2, 0.25) is 0 Å². The molecule has 0 unspecified atom stereocenters. The van der Waals surface area contributed by atoms with Gasteiger partial charge in [-0.05, 0) is 18.9 Å². The van der Waals surface area contributed by atoms with Crippen LogP contribution in [0, 0.1) is 5.82 Å². The number of hydrogen-bond acceptors (Lipinski definition) is 4. The highest BCUT2D eigenvalue weighted by atomic mass is 32.2. The number of methoxy groups -OCH3 is 1. The Kier molecular flexibility index (Phi) is 4.42. The van der Waals surface area contributed by atoms with Crippen molar-refractivity contribution in [2.24, 2.45) is 0 Å². The van der Waals surface area contributed by atoms with Crippen LogP contribution >= 0.6 is 0 Å². The molecule has 1 saturated heterocycles. The van der Waals surface area contributed by atoms with E-state index in [2.05, 4.69) is 5.32 Å². The molecular formula is C13H18FNO3S. The smallest absolute Gasteiger partial charge is 0.169 e. The molecule has 2 rings (SSSR count). The lowest BCUT2D eigenvalue weighted by Crippen LogP contribution is -2.37. The van der Waals surface area contributed by atoms with Crippen molar-refractivity contribution in [2.75, 3.05) is 18.6 Å². The summed E-state index contributed by atoms with van der Waals surface area (Å²) in [6.07, 6.45) is 1.18. The van der Waals surface area contributed by atoms with E-state index in [1.807, 2.05) is 0 Å². The van der Waals surface area contributed by atoms with E-state index < -0.39 is 9.84 Å². The van der Waals surface area contributed by atoms with Crippen LogP contribution in [0.1, 0.15) is 18.4 Å². The summed E-state index contributed by atoms with van der Waals surface area (Å²) in [6.45, 7) is 0.383. The maximum atomic E-state index is 13.9. The molecular weight excluding hydrogens is 269 g/mol. The fourth-order valence-corrected chi connectivity index (χ4v) is 3.69. The first-order valence-electron chi connectivity index (χ1n) is 6.27. The Morgan fingerprint density at radius 1 is 1.37 bits per heavy atom. The van der Waals surface area contributed by atoms with E-state index in [0.29, 0.717) is 24.9 Å². The molecule has 1 N–H and O–H groups in total. The summed E-state index contributed by atoms with van der Waals surface area (Å²) in [5, 5.41) is 3.21. The minimum absolute atomic E-state index is 0.133. The normalized spacial score (nSPS) is 19.3. The topological polar surface area (TPSA) is 55.4 Å². The lowest BCUT2D eigenvalue weighted by molar-refractivity contribution is 0.381. The van der Waals surface area contributed by atoms with Crippen LogP contribution < -0.4 is 10.1 Å². The summed E-state index contributed by atoms with van der Waals surface area (Å²) in [7, 11) is -1.42. The molecule has 1 aromatic rings. The van der Waals surface area contributed by atoms with E-state index in [4.69, 9.17) is 4.74 Å². The fourth-order valence-electron chi connectivity index (χ4n) is 2.20. The van der Waals surface area contributed by atoms with E-state index in [1.165, 1.54) is 7.11 Å². The van der Waals surface area contributed by atoms with E-state index in [1.54, 1.807) is 18.2 Å². The average molecular weight is 287 g/mol. The Labute approximate surface area is 112 Å². The van der Waals surface area contributed by atoms with Gasteiger partial charge in [-0.2, -0.15) is 0 Å². The summed E-state index contributed by atoms with van der Waals surface area (Å²) in [5.41, 5.74) is 0.535. The highest BCUT2D eigenvalue weighted by Crippen LogP contribution is 2.20. The predicted molar refractivity (Wildman–Crippen MR) is 71.5 cm³/mol. The number of rotatable bonds is 4. The Morgan fingerprint density at radius 3 is 2.68 bits per heavy atom. The molecule has 1 aliphatic heterocycles. The van der Waals surface area contributed by atoms with Gasteiger partial charge in [0.15, 0.2) is 11.6 Å². The second-order valence-corrected chi connectivity index (χ2v) is 7.04. The number of nitrogens with one attached hydrogen (secondary N) is 1.